The molecule has 0 spiro atoms. The number of nitrogens with one attached hydrogen (secondary N) is 1. The molecular formula is C25H18F3N3O2S. The van der Waals surface area contributed by atoms with Crippen molar-refractivity contribution in [2.75, 3.05) is 7.11 Å². The van der Waals surface area contributed by atoms with Crippen molar-refractivity contribution in [1.82, 2.24) is 14.5 Å². The Balaban J connectivity index is 1.62. The Morgan fingerprint density at radius 3 is 2.53 bits per heavy atom. The first kappa shape index (κ1) is 22.1. The average Bonchev–Trinajstić information content (AvgIpc) is 3.21. The second-order valence-corrected chi connectivity index (χ2v) is 8.56. The molecule has 0 amide bonds. The summed E-state index contributed by atoms with van der Waals surface area (Å²) < 4.78 is 45.5. The van der Waals surface area contributed by atoms with Gasteiger partial charge in [-0.25, -0.2) is 4.98 Å². The molecular weight excluding hydrogens is 463 g/mol. The number of aromatic nitrogens is 3. The molecule has 0 radical (unpaired) electrons. The lowest BCUT2D eigenvalue weighted by Gasteiger charge is -2.13. The van der Waals surface area contributed by atoms with Crippen LogP contribution < -0.4 is 10.3 Å². The highest BCUT2D eigenvalue weighted by Crippen LogP contribution is 2.31. The molecule has 0 atom stereocenters. The normalized spacial score (nSPS) is 11.9. The van der Waals surface area contributed by atoms with Crippen molar-refractivity contribution in [1.29, 1.82) is 0 Å². The van der Waals surface area contributed by atoms with E-state index >= 15 is 0 Å². The third kappa shape index (κ3) is 4.03. The molecule has 5 aromatic rings. The fourth-order valence-electron chi connectivity index (χ4n) is 3.75. The highest BCUT2D eigenvalue weighted by molar-refractivity contribution is 7.98. The fourth-order valence-corrected chi connectivity index (χ4v) is 4.72. The first-order valence-corrected chi connectivity index (χ1v) is 11.3. The van der Waals surface area contributed by atoms with E-state index in [4.69, 9.17) is 9.72 Å². The number of para-hydroxylation sites is 1. The summed E-state index contributed by atoms with van der Waals surface area (Å²) in [5, 5.41) is 1.25. The van der Waals surface area contributed by atoms with Crippen LogP contribution in [0, 0.1) is 0 Å². The molecule has 0 saturated carbocycles. The number of benzene rings is 3. The zero-order valence-electron chi connectivity index (χ0n) is 17.9. The van der Waals surface area contributed by atoms with Gasteiger partial charge in [-0.05, 0) is 35.9 Å². The Kier molecular flexibility index (Phi) is 5.57. The van der Waals surface area contributed by atoms with Gasteiger partial charge in [-0.1, -0.05) is 48.2 Å². The van der Waals surface area contributed by atoms with Gasteiger partial charge in [-0.15, -0.1) is 0 Å². The number of hydrogen-bond donors (Lipinski definition) is 1. The van der Waals surface area contributed by atoms with Gasteiger partial charge in [0.15, 0.2) is 5.16 Å². The zero-order valence-corrected chi connectivity index (χ0v) is 18.7. The molecule has 0 fully saturated rings. The van der Waals surface area contributed by atoms with Gasteiger partial charge in [0, 0.05) is 22.7 Å². The number of rotatable bonds is 5. The number of thioether (sulfide) groups is 1. The summed E-state index contributed by atoms with van der Waals surface area (Å²) in [7, 11) is 1.54. The van der Waals surface area contributed by atoms with Crippen molar-refractivity contribution < 1.29 is 17.9 Å². The zero-order chi connectivity index (χ0) is 23.9. The Morgan fingerprint density at radius 2 is 1.79 bits per heavy atom. The lowest BCUT2D eigenvalue weighted by molar-refractivity contribution is -0.137. The maximum Gasteiger partial charge on any atom is 0.416 e. The summed E-state index contributed by atoms with van der Waals surface area (Å²) in [5.74, 6) is 0.919. The van der Waals surface area contributed by atoms with Crippen LogP contribution in [0.2, 0.25) is 0 Å². The van der Waals surface area contributed by atoms with Crippen molar-refractivity contribution in [3.05, 3.63) is 94.3 Å². The fraction of sp³-hybridized carbons (Fsp3) is 0.120. The van der Waals surface area contributed by atoms with Crippen molar-refractivity contribution in [2.45, 2.75) is 17.1 Å². The molecule has 2 aromatic heterocycles. The topological polar surface area (TPSA) is 59.9 Å². The third-order valence-corrected chi connectivity index (χ3v) is 6.46. The molecule has 172 valence electrons. The Morgan fingerprint density at radius 1 is 1.03 bits per heavy atom. The van der Waals surface area contributed by atoms with Gasteiger partial charge in [-0.3, -0.25) is 9.36 Å². The number of H-pyrrole nitrogens is 1. The molecule has 0 aliphatic carbocycles. The van der Waals surface area contributed by atoms with Crippen LogP contribution in [0.5, 0.6) is 5.75 Å². The second kappa shape index (κ2) is 8.57. The number of hydrogen-bond acceptors (Lipinski definition) is 4. The molecule has 2 heterocycles. The Labute approximate surface area is 196 Å². The number of alkyl halides is 3. The molecule has 5 nitrogen and oxygen atoms in total. The lowest BCUT2D eigenvalue weighted by Crippen LogP contribution is -2.21. The first-order chi connectivity index (χ1) is 16.3. The molecule has 1 N–H and O–H groups in total. The van der Waals surface area contributed by atoms with E-state index in [0.29, 0.717) is 38.9 Å². The average molecular weight is 481 g/mol. The molecule has 5 rings (SSSR count). The van der Waals surface area contributed by atoms with Gasteiger partial charge in [-0.2, -0.15) is 13.2 Å². The highest BCUT2D eigenvalue weighted by Gasteiger charge is 2.30. The van der Waals surface area contributed by atoms with Gasteiger partial charge in [0.05, 0.1) is 18.4 Å². The number of aromatic amines is 1. The van der Waals surface area contributed by atoms with Gasteiger partial charge in [0.2, 0.25) is 0 Å². The molecule has 3 aromatic carbocycles. The first-order valence-electron chi connectivity index (χ1n) is 10.3. The number of halogens is 3. The van der Waals surface area contributed by atoms with Gasteiger partial charge in [0.25, 0.3) is 5.56 Å². The van der Waals surface area contributed by atoms with Crippen LogP contribution in [-0.2, 0) is 11.9 Å². The minimum atomic E-state index is -4.39. The maximum atomic E-state index is 13.6. The summed E-state index contributed by atoms with van der Waals surface area (Å²) in [4.78, 5) is 21.6. The number of ether oxygens (including phenoxy) is 1. The summed E-state index contributed by atoms with van der Waals surface area (Å²) in [6.45, 7) is 0. The van der Waals surface area contributed by atoms with E-state index in [0.717, 1.165) is 23.0 Å². The molecule has 34 heavy (non-hydrogen) atoms. The summed E-state index contributed by atoms with van der Waals surface area (Å²) in [5.41, 5.74) is 2.01. The van der Waals surface area contributed by atoms with Gasteiger partial charge < -0.3 is 9.72 Å². The largest absolute Gasteiger partial charge is 0.497 e. The van der Waals surface area contributed by atoms with Crippen molar-refractivity contribution in [3.8, 4) is 11.4 Å². The van der Waals surface area contributed by atoms with E-state index in [-0.39, 0.29) is 5.56 Å². The standard InChI is InChI=1S/C25H18F3N3O2S/c1-33-18-6-4-5-17(13-18)31-23(32)22-21(19-7-2-3-8-20(19)29-22)30-24(31)34-14-15-9-11-16(12-10-15)25(26,27)28/h2-13,29H,14H2,1H3. The van der Waals surface area contributed by atoms with E-state index in [1.165, 1.54) is 28.5 Å². The molecule has 0 saturated heterocycles. The van der Waals surface area contributed by atoms with Crippen molar-refractivity contribution in [2.24, 2.45) is 0 Å². The van der Waals surface area contributed by atoms with Gasteiger partial charge >= 0.3 is 6.18 Å². The summed E-state index contributed by atoms with van der Waals surface area (Å²) in [6, 6.07) is 19.6. The molecule has 9 heteroatoms. The monoisotopic (exact) mass is 481 g/mol. The third-order valence-electron chi connectivity index (χ3n) is 5.46. The number of fused-ring (bicyclic) bond motifs is 3. The van der Waals surface area contributed by atoms with E-state index < -0.39 is 11.7 Å². The summed E-state index contributed by atoms with van der Waals surface area (Å²) >= 11 is 1.28. The van der Waals surface area contributed by atoms with E-state index in [1.807, 2.05) is 24.3 Å². The van der Waals surface area contributed by atoms with Crippen LogP contribution >= 0.6 is 11.8 Å². The lowest BCUT2D eigenvalue weighted by atomic mass is 10.1. The van der Waals surface area contributed by atoms with Crippen molar-refractivity contribution in [3.63, 3.8) is 0 Å². The van der Waals surface area contributed by atoms with Crippen LogP contribution in [0.1, 0.15) is 11.1 Å². The van der Waals surface area contributed by atoms with E-state index in [1.54, 1.807) is 31.4 Å². The number of nitrogens with zero attached hydrogens (tertiary/aromatic N) is 2. The quantitative estimate of drug-likeness (QED) is 0.240. The van der Waals surface area contributed by atoms with Crippen LogP contribution in [0.15, 0.2) is 82.7 Å². The maximum absolute atomic E-state index is 13.6. The second-order valence-electron chi connectivity index (χ2n) is 7.61. The van der Waals surface area contributed by atoms with Crippen LogP contribution in [0.25, 0.3) is 27.6 Å². The Hall–Kier alpha value is -3.72. The van der Waals surface area contributed by atoms with Crippen LogP contribution in [-0.4, -0.2) is 21.6 Å². The van der Waals surface area contributed by atoms with Crippen LogP contribution in [0.4, 0.5) is 13.2 Å². The molecule has 0 aliphatic rings. The SMILES string of the molecule is COc1cccc(-n2c(SCc3ccc(C(F)(F)F)cc3)nc3c([nH]c4ccccc43)c2=O)c1. The van der Waals surface area contributed by atoms with Crippen molar-refractivity contribution >= 4 is 33.7 Å². The highest BCUT2D eigenvalue weighted by atomic mass is 32.2. The molecule has 0 aliphatic heterocycles. The minimum Gasteiger partial charge on any atom is -0.497 e. The predicted octanol–water partition coefficient (Wildman–Crippen LogP) is 6.19. The number of methoxy groups -OCH3 is 1. The molecule has 0 bridgehead atoms. The van der Waals surface area contributed by atoms with Crippen LogP contribution in [0.3, 0.4) is 0 Å². The Bertz CT molecular complexity index is 1560. The molecule has 0 unspecified atom stereocenters. The van der Waals surface area contributed by atoms with E-state index in [9.17, 15) is 18.0 Å². The smallest absolute Gasteiger partial charge is 0.416 e. The minimum absolute atomic E-state index is 0.274. The van der Waals surface area contributed by atoms with E-state index in [2.05, 4.69) is 4.98 Å². The predicted molar refractivity (Wildman–Crippen MR) is 127 cm³/mol. The van der Waals surface area contributed by atoms with Gasteiger partial charge in [0.1, 0.15) is 16.8 Å². The summed E-state index contributed by atoms with van der Waals surface area (Å²) in [6.07, 6.45) is -4.39.